The number of nitro groups is 1. The first-order valence-electron chi connectivity index (χ1n) is 5.78. The molecule has 106 valence electrons. The molecule has 1 aromatic rings. The van der Waals surface area contributed by atoms with E-state index in [1.165, 1.54) is 0 Å². The van der Waals surface area contributed by atoms with E-state index in [0.29, 0.717) is 6.42 Å². The van der Waals surface area contributed by atoms with Crippen LogP contribution in [-0.2, 0) is 10.0 Å². The molecule has 0 aliphatic heterocycles. The molecule has 0 fully saturated rings. The van der Waals surface area contributed by atoms with Gasteiger partial charge in [-0.25, -0.2) is 13.1 Å². The van der Waals surface area contributed by atoms with Crippen LogP contribution in [0.15, 0.2) is 17.2 Å². The number of anilines is 1. The van der Waals surface area contributed by atoms with Crippen LogP contribution in [0.3, 0.4) is 0 Å². The molecule has 0 aliphatic rings. The number of rotatable bonds is 7. The Labute approximate surface area is 111 Å². The number of hydrogen-bond donors (Lipinski definition) is 2. The fraction of sp³-hybridized carbons (Fsp3) is 0.500. The van der Waals surface area contributed by atoms with E-state index >= 15 is 0 Å². The van der Waals surface area contributed by atoms with Gasteiger partial charge in [-0.2, -0.15) is 0 Å². The van der Waals surface area contributed by atoms with Crippen molar-refractivity contribution in [2.45, 2.75) is 31.1 Å². The van der Waals surface area contributed by atoms with Crippen LogP contribution in [0.5, 0.6) is 0 Å². The minimum Gasteiger partial charge on any atom is -0.391 e. The molecule has 0 bridgehead atoms. The van der Waals surface area contributed by atoms with Crippen LogP contribution >= 0.6 is 0 Å². The number of nitrogens with zero attached hydrogens (tertiary/aromatic N) is 2. The Bertz CT molecular complexity index is 559. The highest BCUT2D eigenvalue weighted by Gasteiger charge is 2.24. The van der Waals surface area contributed by atoms with Crippen molar-refractivity contribution in [3.63, 3.8) is 0 Å². The molecule has 0 unspecified atom stereocenters. The van der Waals surface area contributed by atoms with Crippen molar-refractivity contribution in [1.82, 2.24) is 9.71 Å². The highest BCUT2D eigenvalue weighted by atomic mass is 32.2. The summed E-state index contributed by atoms with van der Waals surface area (Å²) in [6, 6.07) is 1.14. The van der Waals surface area contributed by atoms with Crippen LogP contribution in [0.25, 0.3) is 0 Å². The molecule has 19 heavy (non-hydrogen) atoms. The van der Waals surface area contributed by atoms with Gasteiger partial charge in [-0.15, -0.1) is 0 Å². The van der Waals surface area contributed by atoms with Gasteiger partial charge in [-0.1, -0.05) is 19.8 Å². The lowest BCUT2D eigenvalue weighted by molar-refractivity contribution is -0.388. The molecule has 0 aliphatic carbocycles. The summed E-state index contributed by atoms with van der Waals surface area (Å²) in [7, 11) is -3.85. The van der Waals surface area contributed by atoms with Gasteiger partial charge in [0.2, 0.25) is 10.0 Å². The van der Waals surface area contributed by atoms with Crippen molar-refractivity contribution in [1.29, 1.82) is 0 Å². The first kappa shape index (κ1) is 15.3. The van der Waals surface area contributed by atoms with E-state index in [1.54, 1.807) is 0 Å². The van der Waals surface area contributed by atoms with Gasteiger partial charge in [0.25, 0.3) is 0 Å². The number of aromatic nitrogens is 1. The van der Waals surface area contributed by atoms with E-state index in [2.05, 4.69) is 9.71 Å². The van der Waals surface area contributed by atoms with Gasteiger partial charge >= 0.3 is 5.82 Å². The SMILES string of the molecule is CCCCCNS(=O)(=O)c1ccnc([N+](=O)[O-])c1N. The number of nitrogens with two attached hydrogens (primary N) is 1. The predicted octanol–water partition coefficient (Wildman–Crippen LogP) is 1.04. The van der Waals surface area contributed by atoms with Crippen LogP contribution in [-0.4, -0.2) is 24.9 Å². The third-order valence-electron chi connectivity index (χ3n) is 2.46. The van der Waals surface area contributed by atoms with Crippen LogP contribution in [0, 0.1) is 10.1 Å². The van der Waals surface area contributed by atoms with Crippen LogP contribution < -0.4 is 10.5 Å². The molecule has 0 aromatic carbocycles. The Kier molecular flexibility index (Phi) is 5.19. The number of hydrogen-bond acceptors (Lipinski definition) is 6. The maximum absolute atomic E-state index is 11.9. The first-order chi connectivity index (χ1) is 8.90. The summed E-state index contributed by atoms with van der Waals surface area (Å²) < 4.78 is 26.3. The summed E-state index contributed by atoms with van der Waals surface area (Å²) in [5.74, 6) is -0.656. The fourth-order valence-corrected chi connectivity index (χ4v) is 2.67. The monoisotopic (exact) mass is 288 g/mol. The van der Waals surface area contributed by atoms with Crippen LogP contribution in [0.4, 0.5) is 11.5 Å². The molecule has 0 saturated heterocycles. The summed E-state index contributed by atoms with van der Waals surface area (Å²) >= 11 is 0. The molecule has 0 amide bonds. The third-order valence-corrected chi connectivity index (χ3v) is 3.98. The Morgan fingerprint density at radius 1 is 1.47 bits per heavy atom. The highest BCUT2D eigenvalue weighted by molar-refractivity contribution is 7.89. The summed E-state index contributed by atoms with van der Waals surface area (Å²) in [5, 5.41) is 10.6. The minimum absolute atomic E-state index is 0.270. The zero-order valence-corrected chi connectivity index (χ0v) is 11.3. The average Bonchev–Trinajstić information content (AvgIpc) is 2.34. The second kappa shape index (κ2) is 6.43. The topological polar surface area (TPSA) is 128 Å². The average molecular weight is 288 g/mol. The number of sulfonamides is 1. The van der Waals surface area contributed by atoms with E-state index in [9.17, 15) is 18.5 Å². The van der Waals surface area contributed by atoms with E-state index in [1.807, 2.05) is 6.92 Å². The van der Waals surface area contributed by atoms with Crippen LogP contribution in [0.1, 0.15) is 26.2 Å². The quantitative estimate of drug-likeness (QED) is 0.438. The van der Waals surface area contributed by atoms with E-state index < -0.39 is 26.5 Å². The van der Waals surface area contributed by atoms with Crippen molar-refractivity contribution in [3.8, 4) is 0 Å². The van der Waals surface area contributed by atoms with Gasteiger partial charge < -0.3 is 15.8 Å². The normalized spacial score (nSPS) is 11.4. The molecular weight excluding hydrogens is 272 g/mol. The fourth-order valence-electron chi connectivity index (χ4n) is 1.48. The summed E-state index contributed by atoms with van der Waals surface area (Å²) in [5.41, 5.74) is 5.03. The van der Waals surface area contributed by atoms with Gasteiger partial charge in [-0.3, -0.25) is 0 Å². The van der Waals surface area contributed by atoms with Crippen molar-refractivity contribution >= 4 is 21.5 Å². The van der Waals surface area contributed by atoms with Crippen LogP contribution in [0.2, 0.25) is 0 Å². The maximum Gasteiger partial charge on any atom is 0.388 e. The zero-order chi connectivity index (χ0) is 14.5. The molecule has 0 saturated carbocycles. The molecule has 3 N–H and O–H groups in total. The van der Waals surface area contributed by atoms with Crippen molar-refractivity contribution in [2.24, 2.45) is 0 Å². The Balaban J connectivity index is 2.96. The lowest BCUT2D eigenvalue weighted by Crippen LogP contribution is -2.26. The first-order valence-corrected chi connectivity index (χ1v) is 7.27. The van der Waals surface area contributed by atoms with Gasteiger partial charge in [0.15, 0.2) is 5.69 Å². The lowest BCUT2D eigenvalue weighted by atomic mass is 10.3. The Hall–Kier alpha value is -1.74. The summed E-state index contributed by atoms with van der Waals surface area (Å²) in [6.45, 7) is 2.27. The number of nitrogen functional groups attached to an aromatic ring is 1. The highest BCUT2D eigenvalue weighted by Crippen LogP contribution is 2.25. The van der Waals surface area contributed by atoms with Gasteiger partial charge in [0, 0.05) is 12.6 Å². The molecule has 0 atom stereocenters. The van der Waals surface area contributed by atoms with Gasteiger partial charge in [0.05, 0.1) is 0 Å². The predicted molar refractivity (Wildman–Crippen MR) is 70.0 cm³/mol. The van der Waals surface area contributed by atoms with Crippen molar-refractivity contribution < 1.29 is 13.3 Å². The molecule has 0 radical (unpaired) electrons. The molecular formula is C10H16N4O4S. The number of unbranched alkanes of at least 4 members (excludes halogenated alkanes) is 2. The van der Waals surface area contributed by atoms with Crippen molar-refractivity contribution in [2.75, 3.05) is 12.3 Å². The van der Waals surface area contributed by atoms with Gasteiger partial charge in [-0.05, 0) is 16.3 Å². The summed E-state index contributed by atoms with van der Waals surface area (Å²) in [4.78, 5) is 13.0. The molecule has 0 spiro atoms. The van der Waals surface area contributed by atoms with E-state index in [-0.39, 0.29) is 11.4 Å². The molecule has 8 nitrogen and oxygen atoms in total. The molecule has 1 rings (SSSR count). The second-order valence-corrected chi connectivity index (χ2v) is 5.64. The molecule has 9 heteroatoms. The van der Waals surface area contributed by atoms with Crippen molar-refractivity contribution in [3.05, 3.63) is 22.4 Å². The lowest BCUT2D eigenvalue weighted by Gasteiger charge is -2.08. The summed E-state index contributed by atoms with van der Waals surface area (Å²) in [6.07, 6.45) is 3.61. The molecule has 1 heterocycles. The molecule has 1 aromatic heterocycles. The standard InChI is InChI=1S/C10H16N4O4S/c1-2-3-4-6-13-19(17,18)8-5-7-12-10(9(8)11)14(15)16/h5,7,13H,2-4,6,11H2,1H3. The zero-order valence-electron chi connectivity index (χ0n) is 10.5. The minimum atomic E-state index is -3.85. The number of nitrogens with one attached hydrogen (secondary N) is 1. The Morgan fingerprint density at radius 3 is 2.74 bits per heavy atom. The second-order valence-electron chi connectivity index (χ2n) is 3.91. The Morgan fingerprint density at radius 2 is 2.16 bits per heavy atom. The van der Waals surface area contributed by atoms with E-state index in [4.69, 9.17) is 5.73 Å². The smallest absolute Gasteiger partial charge is 0.388 e. The van der Waals surface area contributed by atoms with E-state index in [0.717, 1.165) is 25.1 Å². The maximum atomic E-state index is 11.9. The third kappa shape index (κ3) is 3.86. The largest absolute Gasteiger partial charge is 0.391 e. The van der Waals surface area contributed by atoms with Gasteiger partial charge in [0.1, 0.15) is 11.1 Å². The number of pyridine rings is 1.